The second-order valence-electron chi connectivity index (χ2n) is 5.57. The normalized spacial score (nSPS) is 11.4. The molecule has 0 aliphatic heterocycles. The lowest BCUT2D eigenvalue weighted by molar-refractivity contribution is 0.444. The van der Waals surface area contributed by atoms with E-state index in [0.29, 0.717) is 17.5 Å². The highest BCUT2D eigenvalue weighted by Crippen LogP contribution is 2.27. The number of nitrogens with zero attached hydrogens (tertiary/aromatic N) is 2. The van der Waals surface area contributed by atoms with Crippen LogP contribution in [0.15, 0.2) is 30.3 Å². The number of hydrogen-bond donors (Lipinski definition) is 1. The molecule has 0 unspecified atom stereocenters. The minimum Gasteiger partial charge on any atom is -0.439 e. The summed E-state index contributed by atoms with van der Waals surface area (Å²) in [6.45, 7) is 8.11. The molecule has 1 aromatic carbocycles. The Morgan fingerprint density at radius 1 is 1.11 bits per heavy atom. The molecule has 2 N–H and O–H groups in total. The van der Waals surface area contributed by atoms with Crippen LogP contribution in [0, 0.1) is 6.92 Å². The molecule has 0 saturated carbocycles. The van der Waals surface area contributed by atoms with Crippen molar-refractivity contribution >= 4 is 5.82 Å². The van der Waals surface area contributed by atoms with Gasteiger partial charge in [-0.3, -0.25) is 0 Å². The monoisotopic (exact) mass is 257 g/mol. The number of rotatable bonds is 2. The highest BCUT2D eigenvalue weighted by molar-refractivity contribution is 5.39. The predicted octanol–water partition coefficient (Wildman–Crippen LogP) is 3.46. The molecule has 1 aromatic heterocycles. The van der Waals surface area contributed by atoms with Gasteiger partial charge in [0.1, 0.15) is 17.4 Å². The summed E-state index contributed by atoms with van der Waals surface area (Å²) in [5.41, 5.74) is 6.70. The van der Waals surface area contributed by atoms with E-state index in [9.17, 15) is 0 Å². The molecule has 0 fully saturated rings. The van der Waals surface area contributed by atoms with Gasteiger partial charge >= 0.3 is 0 Å². The molecule has 4 nitrogen and oxygen atoms in total. The second kappa shape index (κ2) is 4.88. The van der Waals surface area contributed by atoms with Crippen molar-refractivity contribution in [1.29, 1.82) is 0 Å². The summed E-state index contributed by atoms with van der Waals surface area (Å²) in [7, 11) is 0. The van der Waals surface area contributed by atoms with Crippen LogP contribution >= 0.6 is 0 Å². The van der Waals surface area contributed by atoms with Gasteiger partial charge in [-0.1, -0.05) is 39.0 Å². The van der Waals surface area contributed by atoms with E-state index in [1.54, 1.807) is 6.07 Å². The minimum atomic E-state index is -0.167. The van der Waals surface area contributed by atoms with Crippen molar-refractivity contribution in [1.82, 2.24) is 9.97 Å². The third-order valence-electron chi connectivity index (χ3n) is 2.70. The minimum absolute atomic E-state index is 0.167. The zero-order valence-electron chi connectivity index (χ0n) is 11.8. The van der Waals surface area contributed by atoms with E-state index in [1.165, 1.54) is 0 Å². The maximum absolute atomic E-state index is 5.82. The van der Waals surface area contributed by atoms with E-state index < -0.39 is 0 Å². The van der Waals surface area contributed by atoms with Crippen LogP contribution in [0.4, 0.5) is 5.82 Å². The van der Waals surface area contributed by atoms with Gasteiger partial charge in [-0.25, -0.2) is 4.98 Å². The summed E-state index contributed by atoms with van der Waals surface area (Å²) in [6.07, 6.45) is 0. The Balaban J connectivity index is 2.36. The third kappa shape index (κ3) is 3.22. The number of aryl methyl sites for hydroxylation is 1. The summed E-state index contributed by atoms with van der Waals surface area (Å²) in [4.78, 5) is 8.68. The van der Waals surface area contributed by atoms with Gasteiger partial charge in [0.05, 0.1) is 0 Å². The molecule has 4 heteroatoms. The van der Waals surface area contributed by atoms with Crippen LogP contribution in [0.1, 0.15) is 32.2 Å². The highest BCUT2D eigenvalue weighted by atomic mass is 16.5. The third-order valence-corrected chi connectivity index (χ3v) is 2.70. The Kier molecular flexibility index (Phi) is 3.42. The van der Waals surface area contributed by atoms with Crippen LogP contribution in [0.3, 0.4) is 0 Å². The fraction of sp³-hybridized carbons (Fsp3) is 0.333. The average Bonchev–Trinajstić information content (AvgIpc) is 2.30. The van der Waals surface area contributed by atoms with E-state index in [-0.39, 0.29) is 5.41 Å². The van der Waals surface area contributed by atoms with Crippen LogP contribution in [-0.2, 0) is 5.41 Å². The number of hydrogen-bond acceptors (Lipinski definition) is 4. The molecule has 2 aromatic rings. The summed E-state index contributed by atoms with van der Waals surface area (Å²) in [5, 5.41) is 0. The van der Waals surface area contributed by atoms with E-state index in [0.717, 1.165) is 11.3 Å². The number of aromatic nitrogens is 2. The molecule has 0 bridgehead atoms. The van der Waals surface area contributed by atoms with E-state index in [4.69, 9.17) is 10.5 Å². The van der Waals surface area contributed by atoms with Gasteiger partial charge in [0.15, 0.2) is 0 Å². The lowest BCUT2D eigenvalue weighted by Gasteiger charge is -2.18. The van der Waals surface area contributed by atoms with Crippen molar-refractivity contribution in [3.63, 3.8) is 0 Å². The first-order valence-electron chi connectivity index (χ1n) is 6.25. The van der Waals surface area contributed by atoms with Crippen molar-refractivity contribution in [3.05, 3.63) is 41.7 Å². The summed E-state index contributed by atoms with van der Waals surface area (Å²) in [6, 6.07) is 9.44. The lowest BCUT2D eigenvalue weighted by atomic mass is 9.96. The van der Waals surface area contributed by atoms with Gasteiger partial charge in [-0.05, 0) is 18.6 Å². The number of nitrogen functional groups attached to an aromatic ring is 1. The smallest absolute Gasteiger partial charge is 0.224 e. The zero-order valence-corrected chi connectivity index (χ0v) is 11.8. The SMILES string of the molecule is Cc1ccccc1Oc1cc(N)nc(C(C)(C)C)n1. The van der Waals surface area contributed by atoms with Crippen molar-refractivity contribution in [2.45, 2.75) is 33.1 Å². The van der Waals surface area contributed by atoms with Gasteiger partial charge in [0, 0.05) is 11.5 Å². The highest BCUT2D eigenvalue weighted by Gasteiger charge is 2.19. The Bertz CT molecular complexity index is 588. The standard InChI is InChI=1S/C15H19N3O/c1-10-7-5-6-8-11(10)19-13-9-12(16)17-14(18-13)15(2,3)4/h5-9H,1-4H3,(H2,16,17,18). The number of benzene rings is 1. The van der Waals surface area contributed by atoms with E-state index in [2.05, 4.69) is 9.97 Å². The fourth-order valence-electron chi connectivity index (χ4n) is 1.61. The molecule has 0 aliphatic carbocycles. The van der Waals surface area contributed by atoms with Gasteiger partial charge in [0.25, 0.3) is 0 Å². The van der Waals surface area contributed by atoms with Crippen molar-refractivity contribution in [3.8, 4) is 11.6 Å². The van der Waals surface area contributed by atoms with Gasteiger partial charge < -0.3 is 10.5 Å². The number of nitrogens with two attached hydrogens (primary N) is 1. The Labute approximate surface area is 113 Å². The van der Waals surface area contributed by atoms with Crippen molar-refractivity contribution in [2.75, 3.05) is 5.73 Å². The molecule has 0 spiro atoms. The molecule has 2 rings (SSSR count). The number of anilines is 1. The molecule has 0 atom stereocenters. The Hall–Kier alpha value is -2.10. The molecule has 0 amide bonds. The van der Waals surface area contributed by atoms with Crippen LogP contribution in [0.5, 0.6) is 11.6 Å². The van der Waals surface area contributed by atoms with Crippen LogP contribution in [0.2, 0.25) is 0 Å². The van der Waals surface area contributed by atoms with Gasteiger partial charge in [-0.15, -0.1) is 0 Å². The maximum atomic E-state index is 5.82. The van der Waals surface area contributed by atoms with Crippen LogP contribution in [-0.4, -0.2) is 9.97 Å². The molecule has 0 aliphatic rings. The first-order chi connectivity index (χ1) is 8.86. The van der Waals surface area contributed by atoms with E-state index >= 15 is 0 Å². The van der Waals surface area contributed by atoms with Crippen molar-refractivity contribution in [2.24, 2.45) is 0 Å². The van der Waals surface area contributed by atoms with Crippen LogP contribution < -0.4 is 10.5 Å². The summed E-state index contributed by atoms with van der Waals surface area (Å²) < 4.78 is 5.79. The van der Waals surface area contributed by atoms with Crippen LogP contribution in [0.25, 0.3) is 0 Å². The summed E-state index contributed by atoms with van der Waals surface area (Å²) in [5.74, 6) is 2.35. The van der Waals surface area contributed by atoms with Crippen molar-refractivity contribution < 1.29 is 4.74 Å². The second-order valence-corrected chi connectivity index (χ2v) is 5.57. The fourth-order valence-corrected chi connectivity index (χ4v) is 1.61. The quantitative estimate of drug-likeness (QED) is 0.895. The topological polar surface area (TPSA) is 61.0 Å². The van der Waals surface area contributed by atoms with Gasteiger partial charge in [0.2, 0.25) is 5.88 Å². The first kappa shape index (κ1) is 13.3. The summed E-state index contributed by atoms with van der Waals surface area (Å²) >= 11 is 0. The Morgan fingerprint density at radius 2 is 1.79 bits per heavy atom. The van der Waals surface area contributed by atoms with E-state index in [1.807, 2.05) is 52.0 Å². The number of para-hydroxylation sites is 1. The zero-order chi connectivity index (χ0) is 14.0. The molecule has 19 heavy (non-hydrogen) atoms. The number of ether oxygens (including phenoxy) is 1. The molecule has 100 valence electrons. The largest absolute Gasteiger partial charge is 0.439 e. The molecule has 0 radical (unpaired) electrons. The maximum Gasteiger partial charge on any atom is 0.224 e. The molecule has 0 saturated heterocycles. The average molecular weight is 257 g/mol. The molecule has 1 heterocycles. The lowest BCUT2D eigenvalue weighted by Crippen LogP contribution is -2.17. The van der Waals surface area contributed by atoms with Gasteiger partial charge in [-0.2, -0.15) is 4.98 Å². The Morgan fingerprint density at radius 3 is 2.42 bits per heavy atom. The molecular formula is C15H19N3O. The first-order valence-corrected chi connectivity index (χ1v) is 6.25. The molecular weight excluding hydrogens is 238 g/mol. The predicted molar refractivity (Wildman–Crippen MR) is 76.4 cm³/mol.